The van der Waals surface area contributed by atoms with Crippen molar-refractivity contribution in [1.29, 1.82) is 0 Å². The first-order valence-corrected chi connectivity index (χ1v) is 4.95. The Morgan fingerprint density at radius 1 is 1.07 bits per heavy atom. The molecule has 1 aromatic heterocycles. The average molecular weight is 213 g/mol. The van der Waals surface area contributed by atoms with Crippen LogP contribution in [0.1, 0.15) is 19.3 Å². The van der Waals surface area contributed by atoms with E-state index in [1.807, 2.05) is 4.98 Å². The first-order chi connectivity index (χ1) is 7.18. The van der Waals surface area contributed by atoms with Crippen molar-refractivity contribution in [2.45, 2.75) is 19.3 Å². The molecule has 1 aliphatic rings. The molecular weight excluding hydrogens is 201 g/mol. The molecule has 0 aliphatic carbocycles. The molecular formula is C9H12FN3O2. The van der Waals surface area contributed by atoms with Gasteiger partial charge in [0, 0.05) is 13.1 Å². The third-order valence-corrected chi connectivity index (χ3v) is 2.54. The molecule has 0 saturated carbocycles. The molecule has 15 heavy (non-hydrogen) atoms. The maximum absolute atomic E-state index is 13.4. The van der Waals surface area contributed by atoms with Crippen LogP contribution >= 0.6 is 0 Å². The summed E-state index contributed by atoms with van der Waals surface area (Å²) in [5, 5.41) is 0. The molecule has 0 radical (unpaired) electrons. The van der Waals surface area contributed by atoms with Crippen LogP contribution in [0.3, 0.4) is 0 Å². The minimum atomic E-state index is -0.959. The largest absolute Gasteiger partial charge is 0.355 e. The number of aromatic amines is 2. The molecule has 1 aliphatic heterocycles. The standard InChI is InChI=1S/C9H12FN3O2/c10-6-7(11-9(15)12-8(6)14)13-4-2-1-3-5-13/h1-5H2,(H2,11,12,14,15). The summed E-state index contributed by atoms with van der Waals surface area (Å²) in [5.41, 5.74) is -1.62. The van der Waals surface area contributed by atoms with Gasteiger partial charge >= 0.3 is 5.69 Å². The summed E-state index contributed by atoms with van der Waals surface area (Å²) in [5.74, 6) is -0.889. The molecule has 82 valence electrons. The summed E-state index contributed by atoms with van der Waals surface area (Å²) in [6, 6.07) is 0. The first-order valence-electron chi connectivity index (χ1n) is 4.95. The Morgan fingerprint density at radius 2 is 1.73 bits per heavy atom. The fourth-order valence-electron chi connectivity index (χ4n) is 1.79. The topological polar surface area (TPSA) is 69.0 Å². The zero-order chi connectivity index (χ0) is 10.8. The van der Waals surface area contributed by atoms with Crippen LogP contribution in [0.5, 0.6) is 0 Å². The number of nitrogens with one attached hydrogen (secondary N) is 2. The van der Waals surface area contributed by atoms with Crippen molar-refractivity contribution >= 4 is 5.82 Å². The molecule has 2 rings (SSSR count). The van der Waals surface area contributed by atoms with Gasteiger partial charge in [-0.05, 0) is 19.3 Å². The van der Waals surface area contributed by atoms with Crippen molar-refractivity contribution in [3.63, 3.8) is 0 Å². The number of nitrogens with zero attached hydrogens (tertiary/aromatic N) is 1. The third-order valence-electron chi connectivity index (χ3n) is 2.54. The van der Waals surface area contributed by atoms with Gasteiger partial charge in [-0.1, -0.05) is 0 Å². The van der Waals surface area contributed by atoms with Crippen LogP contribution in [-0.2, 0) is 0 Å². The van der Waals surface area contributed by atoms with Crippen molar-refractivity contribution in [3.8, 4) is 0 Å². The molecule has 2 N–H and O–H groups in total. The zero-order valence-electron chi connectivity index (χ0n) is 8.18. The SMILES string of the molecule is O=c1[nH]c(N2CCCCC2)c(F)c(=O)[nH]1. The van der Waals surface area contributed by atoms with Crippen LogP contribution in [-0.4, -0.2) is 23.1 Å². The first kappa shape index (κ1) is 9.95. The van der Waals surface area contributed by atoms with E-state index in [0.29, 0.717) is 13.1 Å². The minimum Gasteiger partial charge on any atom is -0.355 e. The zero-order valence-corrected chi connectivity index (χ0v) is 8.18. The molecule has 1 aromatic rings. The number of piperidine rings is 1. The fraction of sp³-hybridized carbons (Fsp3) is 0.556. The normalized spacial score (nSPS) is 16.7. The lowest BCUT2D eigenvalue weighted by atomic mass is 10.1. The molecule has 0 atom stereocenters. The van der Waals surface area contributed by atoms with Crippen molar-refractivity contribution in [3.05, 3.63) is 26.7 Å². The minimum absolute atomic E-state index is 0.0171. The lowest BCUT2D eigenvalue weighted by molar-refractivity contribution is 0.540. The molecule has 6 heteroatoms. The summed E-state index contributed by atoms with van der Waals surface area (Å²) in [7, 11) is 0. The van der Waals surface area contributed by atoms with Gasteiger partial charge in [0.2, 0.25) is 5.82 Å². The van der Waals surface area contributed by atoms with E-state index in [1.54, 1.807) is 4.90 Å². The van der Waals surface area contributed by atoms with Gasteiger partial charge in [-0.25, -0.2) is 4.79 Å². The van der Waals surface area contributed by atoms with Gasteiger partial charge in [-0.15, -0.1) is 0 Å². The summed E-state index contributed by atoms with van der Waals surface area (Å²) in [6.45, 7) is 1.35. The lowest BCUT2D eigenvalue weighted by Crippen LogP contribution is -2.36. The van der Waals surface area contributed by atoms with Crippen LogP contribution in [0.4, 0.5) is 10.2 Å². The summed E-state index contributed by atoms with van der Waals surface area (Å²) in [6.07, 6.45) is 3.01. The molecule has 0 aromatic carbocycles. The Balaban J connectivity index is 2.42. The van der Waals surface area contributed by atoms with E-state index in [1.165, 1.54) is 0 Å². The van der Waals surface area contributed by atoms with E-state index in [2.05, 4.69) is 4.98 Å². The Bertz CT molecular complexity index is 459. The Kier molecular flexibility index (Phi) is 2.57. The number of H-pyrrole nitrogens is 2. The highest BCUT2D eigenvalue weighted by Gasteiger charge is 2.17. The number of hydrogen-bond acceptors (Lipinski definition) is 3. The molecule has 1 fully saturated rings. The molecule has 5 nitrogen and oxygen atoms in total. The maximum atomic E-state index is 13.4. The second kappa shape index (κ2) is 3.88. The van der Waals surface area contributed by atoms with Crippen LogP contribution in [0.2, 0.25) is 0 Å². The predicted molar refractivity (Wildman–Crippen MR) is 53.7 cm³/mol. The van der Waals surface area contributed by atoms with Gasteiger partial charge in [0.15, 0.2) is 5.82 Å². The molecule has 0 amide bonds. The van der Waals surface area contributed by atoms with E-state index < -0.39 is 17.1 Å². The molecule has 0 bridgehead atoms. The highest BCUT2D eigenvalue weighted by atomic mass is 19.1. The van der Waals surface area contributed by atoms with Crippen LogP contribution < -0.4 is 16.1 Å². The van der Waals surface area contributed by atoms with Gasteiger partial charge in [-0.3, -0.25) is 14.8 Å². The molecule has 1 saturated heterocycles. The number of aromatic nitrogens is 2. The monoisotopic (exact) mass is 213 g/mol. The number of anilines is 1. The fourth-order valence-corrected chi connectivity index (χ4v) is 1.79. The highest BCUT2D eigenvalue weighted by molar-refractivity contribution is 5.38. The third kappa shape index (κ3) is 1.93. The summed E-state index contributed by atoms with van der Waals surface area (Å²) in [4.78, 5) is 27.9. The maximum Gasteiger partial charge on any atom is 0.327 e. The average Bonchev–Trinajstić information content (AvgIpc) is 2.24. The highest BCUT2D eigenvalue weighted by Crippen LogP contribution is 2.16. The second-order valence-corrected chi connectivity index (χ2v) is 3.62. The quantitative estimate of drug-likeness (QED) is 0.699. The molecule has 2 heterocycles. The van der Waals surface area contributed by atoms with Crippen molar-refractivity contribution in [1.82, 2.24) is 9.97 Å². The van der Waals surface area contributed by atoms with Gasteiger partial charge < -0.3 is 4.90 Å². The number of halogens is 1. The molecule has 0 spiro atoms. The predicted octanol–water partition coefficient (Wildman–Crippen LogP) is 0.193. The van der Waals surface area contributed by atoms with E-state index in [-0.39, 0.29) is 5.82 Å². The number of rotatable bonds is 1. The van der Waals surface area contributed by atoms with Crippen LogP contribution in [0.15, 0.2) is 9.59 Å². The Labute approximate surface area is 84.9 Å². The van der Waals surface area contributed by atoms with E-state index in [4.69, 9.17) is 0 Å². The van der Waals surface area contributed by atoms with E-state index in [0.717, 1.165) is 19.3 Å². The van der Waals surface area contributed by atoms with Gasteiger partial charge in [-0.2, -0.15) is 4.39 Å². The van der Waals surface area contributed by atoms with Crippen molar-refractivity contribution < 1.29 is 4.39 Å². The van der Waals surface area contributed by atoms with E-state index >= 15 is 0 Å². The number of hydrogen-bond donors (Lipinski definition) is 2. The van der Waals surface area contributed by atoms with Gasteiger partial charge in [0.05, 0.1) is 0 Å². The molecule has 0 unspecified atom stereocenters. The second-order valence-electron chi connectivity index (χ2n) is 3.62. The van der Waals surface area contributed by atoms with Crippen molar-refractivity contribution in [2.75, 3.05) is 18.0 Å². The smallest absolute Gasteiger partial charge is 0.327 e. The summed E-state index contributed by atoms with van der Waals surface area (Å²) < 4.78 is 13.4. The van der Waals surface area contributed by atoms with Crippen LogP contribution in [0, 0.1) is 5.82 Å². The van der Waals surface area contributed by atoms with Crippen molar-refractivity contribution in [2.24, 2.45) is 0 Å². The Hall–Kier alpha value is -1.59. The van der Waals surface area contributed by atoms with E-state index in [9.17, 15) is 14.0 Å². The van der Waals surface area contributed by atoms with Gasteiger partial charge in [0.25, 0.3) is 5.56 Å². The lowest BCUT2D eigenvalue weighted by Gasteiger charge is -2.27. The van der Waals surface area contributed by atoms with Gasteiger partial charge in [0.1, 0.15) is 0 Å². The Morgan fingerprint density at radius 3 is 2.40 bits per heavy atom. The van der Waals surface area contributed by atoms with Crippen LogP contribution in [0.25, 0.3) is 0 Å². The summed E-state index contributed by atoms with van der Waals surface area (Å²) >= 11 is 0.